The molecule has 6 heteroatoms. The van der Waals surface area contributed by atoms with Crippen LogP contribution >= 0.6 is 11.3 Å². The Morgan fingerprint density at radius 2 is 2.00 bits per heavy atom. The van der Waals surface area contributed by atoms with Gasteiger partial charge in [-0.25, -0.2) is 4.98 Å². The number of hydrogen-bond donors (Lipinski definition) is 1. The quantitative estimate of drug-likeness (QED) is 0.568. The molecule has 0 radical (unpaired) electrons. The van der Waals surface area contributed by atoms with E-state index in [4.69, 9.17) is 4.74 Å². The maximum absolute atomic E-state index is 13.1. The van der Waals surface area contributed by atoms with Crippen molar-refractivity contribution < 1.29 is 4.74 Å². The van der Waals surface area contributed by atoms with Gasteiger partial charge in [0.15, 0.2) is 0 Å². The van der Waals surface area contributed by atoms with Crippen molar-refractivity contribution in [3.8, 4) is 11.4 Å². The molecule has 0 atom stereocenters. The zero-order chi connectivity index (χ0) is 18.1. The van der Waals surface area contributed by atoms with E-state index in [1.54, 1.807) is 17.9 Å². The molecule has 0 fully saturated rings. The largest absolute Gasteiger partial charge is 0.497 e. The van der Waals surface area contributed by atoms with Crippen molar-refractivity contribution in [3.05, 3.63) is 59.1 Å². The van der Waals surface area contributed by atoms with Crippen LogP contribution in [0, 0.1) is 0 Å². The van der Waals surface area contributed by atoms with Crippen LogP contribution in [0.25, 0.3) is 25.9 Å². The molecule has 0 spiro atoms. The lowest BCUT2D eigenvalue weighted by molar-refractivity contribution is 0.414. The van der Waals surface area contributed by atoms with Crippen molar-refractivity contribution in [2.24, 2.45) is 0 Å². The van der Waals surface area contributed by atoms with Gasteiger partial charge in [0.2, 0.25) is 0 Å². The van der Waals surface area contributed by atoms with Crippen molar-refractivity contribution in [1.82, 2.24) is 9.55 Å². The normalized spacial score (nSPS) is 11.2. The van der Waals surface area contributed by atoms with Gasteiger partial charge in [-0.1, -0.05) is 6.92 Å². The third-order valence-electron chi connectivity index (χ3n) is 4.34. The number of rotatable bonds is 5. The van der Waals surface area contributed by atoms with E-state index in [9.17, 15) is 4.79 Å². The van der Waals surface area contributed by atoms with Gasteiger partial charge < -0.3 is 10.1 Å². The topological polar surface area (TPSA) is 56.2 Å². The molecule has 4 aromatic rings. The van der Waals surface area contributed by atoms with E-state index >= 15 is 0 Å². The number of aromatic nitrogens is 2. The zero-order valence-corrected chi connectivity index (χ0v) is 15.5. The molecule has 132 valence electrons. The fourth-order valence-corrected chi connectivity index (χ4v) is 4.16. The average molecular weight is 365 g/mol. The molecule has 0 bridgehead atoms. The first-order valence-corrected chi connectivity index (χ1v) is 9.35. The molecular weight excluding hydrogens is 346 g/mol. The molecule has 26 heavy (non-hydrogen) atoms. The highest BCUT2D eigenvalue weighted by Crippen LogP contribution is 2.35. The first-order valence-electron chi connectivity index (χ1n) is 8.54. The molecule has 1 aromatic carbocycles. The third-order valence-corrected chi connectivity index (χ3v) is 5.49. The van der Waals surface area contributed by atoms with Crippen LogP contribution < -0.4 is 15.6 Å². The Balaban J connectivity index is 1.90. The monoisotopic (exact) mass is 365 g/mol. The van der Waals surface area contributed by atoms with Crippen LogP contribution in [0.3, 0.4) is 0 Å². The highest BCUT2D eigenvalue weighted by atomic mass is 32.1. The molecule has 0 aliphatic heterocycles. The molecule has 0 aliphatic rings. The lowest BCUT2D eigenvalue weighted by atomic mass is 10.2. The summed E-state index contributed by atoms with van der Waals surface area (Å²) in [4.78, 5) is 17.5. The van der Waals surface area contributed by atoms with E-state index in [2.05, 4.69) is 17.2 Å². The molecule has 3 heterocycles. The maximum atomic E-state index is 13.1. The number of hydrogen-bond acceptors (Lipinski definition) is 5. The first kappa shape index (κ1) is 16.6. The van der Waals surface area contributed by atoms with Crippen LogP contribution in [0.5, 0.6) is 5.75 Å². The zero-order valence-electron chi connectivity index (χ0n) is 14.7. The van der Waals surface area contributed by atoms with Crippen molar-refractivity contribution in [3.63, 3.8) is 0 Å². The summed E-state index contributed by atoms with van der Waals surface area (Å²) in [6.07, 6.45) is 4.64. The molecule has 0 amide bonds. The molecule has 0 saturated carbocycles. The number of benzene rings is 1. The van der Waals surface area contributed by atoms with Crippen molar-refractivity contribution in [2.45, 2.75) is 13.3 Å². The lowest BCUT2D eigenvalue weighted by Gasteiger charge is -2.08. The Morgan fingerprint density at radius 1 is 1.19 bits per heavy atom. The summed E-state index contributed by atoms with van der Waals surface area (Å²) < 4.78 is 8.67. The van der Waals surface area contributed by atoms with E-state index in [1.807, 2.05) is 42.6 Å². The molecule has 1 N–H and O–H groups in total. The standard InChI is InChI=1S/C20H19N3O2S/c1-3-10-21-19-17-15-9-12-23(13-4-6-14(25-2)7-5-13)20(24)18(15)26-16(17)8-11-22-19/h4-9,11-12H,3,10H2,1-2H3,(H,21,22). The molecule has 4 rings (SSSR count). The van der Waals surface area contributed by atoms with E-state index in [-0.39, 0.29) is 5.56 Å². The Morgan fingerprint density at radius 3 is 2.73 bits per heavy atom. The Hall–Kier alpha value is -2.86. The Labute approximate surface area is 154 Å². The SMILES string of the molecule is CCCNc1nccc2sc3c(=O)n(-c4ccc(OC)cc4)ccc3c12. The fourth-order valence-electron chi connectivity index (χ4n) is 3.04. The molecular formula is C20H19N3O2S. The number of fused-ring (bicyclic) bond motifs is 3. The number of pyridine rings is 2. The number of nitrogens with one attached hydrogen (secondary N) is 1. The summed E-state index contributed by atoms with van der Waals surface area (Å²) in [5, 5.41) is 5.34. The average Bonchev–Trinajstić information content (AvgIpc) is 3.07. The number of methoxy groups -OCH3 is 1. The highest BCUT2D eigenvalue weighted by molar-refractivity contribution is 7.25. The summed E-state index contributed by atoms with van der Waals surface area (Å²) >= 11 is 1.51. The van der Waals surface area contributed by atoms with Gasteiger partial charge in [0.05, 0.1) is 7.11 Å². The molecule has 0 unspecified atom stereocenters. The van der Waals surface area contributed by atoms with Gasteiger partial charge in [-0.2, -0.15) is 0 Å². The van der Waals surface area contributed by atoms with Crippen LogP contribution in [0.1, 0.15) is 13.3 Å². The molecule has 0 aliphatic carbocycles. The van der Waals surface area contributed by atoms with E-state index in [1.165, 1.54) is 11.3 Å². The van der Waals surface area contributed by atoms with Crippen molar-refractivity contribution >= 4 is 37.3 Å². The third kappa shape index (κ3) is 2.72. The van der Waals surface area contributed by atoms with Crippen molar-refractivity contribution in [2.75, 3.05) is 19.0 Å². The predicted molar refractivity (Wildman–Crippen MR) is 108 cm³/mol. The second-order valence-electron chi connectivity index (χ2n) is 5.99. The lowest BCUT2D eigenvalue weighted by Crippen LogP contribution is -2.16. The first-order chi connectivity index (χ1) is 12.7. The minimum Gasteiger partial charge on any atom is -0.497 e. The second kappa shape index (κ2) is 6.80. The van der Waals surface area contributed by atoms with Crippen LogP contribution in [0.15, 0.2) is 53.6 Å². The van der Waals surface area contributed by atoms with Crippen LogP contribution in [-0.4, -0.2) is 23.2 Å². The van der Waals surface area contributed by atoms with Gasteiger partial charge in [-0.05, 0) is 42.8 Å². The number of anilines is 1. The van der Waals surface area contributed by atoms with Gasteiger partial charge >= 0.3 is 0 Å². The minimum atomic E-state index is -0.0182. The summed E-state index contributed by atoms with van der Waals surface area (Å²) in [6.45, 7) is 2.97. The number of thiophene rings is 1. The van der Waals surface area contributed by atoms with Crippen LogP contribution in [-0.2, 0) is 0 Å². The maximum Gasteiger partial charge on any atom is 0.273 e. The Bertz CT molecular complexity index is 1130. The Kier molecular flexibility index (Phi) is 4.34. The van der Waals surface area contributed by atoms with Crippen LogP contribution in [0.4, 0.5) is 5.82 Å². The highest BCUT2D eigenvalue weighted by Gasteiger charge is 2.14. The molecule has 5 nitrogen and oxygen atoms in total. The van der Waals surface area contributed by atoms with Gasteiger partial charge in [0.25, 0.3) is 5.56 Å². The van der Waals surface area contributed by atoms with Gasteiger partial charge in [-0.3, -0.25) is 9.36 Å². The predicted octanol–water partition coefficient (Wildman–Crippen LogP) is 4.43. The van der Waals surface area contributed by atoms with Gasteiger partial charge in [0, 0.05) is 40.1 Å². The summed E-state index contributed by atoms with van der Waals surface area (Å²) in [5.74, 6) is 1.61. The van der Waals surface area contributed by atoms with Crippen LogP contribution in [0.2, 0.25) is 0 Å². The molecule has 3 aromatic heterocycles. The van der Waals surface area contributed by atoms with E-state index < -0.39 is 0 Å². The van der Waals surface area contributed by atoms with E-state index in [0.29, 0.717) is 0 Å². The van der Waals surface area contributed by atoms with E-state index in [0.717, 1.165) is 50.4 Å². The smallest absolute Gasteiger partial charge is 0.273 e. The number of ether oxygens (including phenoxy) is 1. The van der Waals surface area contributed by atoms with Gasteiger partial charge in [0.1, 0.15) is 16.3 Å². The summed E-state index contributed by atoms with van der Waals surface area (Å²) in [5.41, 5.74) is 0.799. The summed E-state index contributed by atoms with van der Waals surface area (Å²) in [6, 6.07) is 11.4. The van der Waals surface area contributed by atoms with Gasteiger partial charge in [-0.15, -0.1) is 11.3 Å². The molecule has 0 saturated heterocycles. The minimum absolute atomic E-state index is 0.0182. The second-order valence-corrected chi connectivity index (χ2v) is 7.05. The number of nitrogens with zero attached hydrogens (tertiary/aromatic N) is 2. The van der Waals surface area contributed by atoms with Crippen molar-refractivity contribution in [1.29, 1.82) is 0 Å². The summed E-state index contributed by atoms with van der Waals surface area (Å²) in [7, 11) is 1.63. The fraction of sp³-hybridized carbons (Fsp3) is 0.200.